The molecule has 516 valence electrons. The van der Waals surface area contributed by atoms with E-state index in [1.807, 2.05) is 0 Å². The van der Waals surface area contributed by atoms with Gasteiger partial charge in [-0.25, -0.2) is 9.13 Å². The number of carbonyl (C=O) groups excluding carboxylic acids is 4. The predicted octanol–water partition coefficient (Wildman–Crippen LogP) is 19.4. The summed E-state index contributed by atoms with van der Waals surface area (Å²) in [6.45, 7) is 7.10. The van der Waals surface area contributed by atoms with Gasteiger partial charge in [-0.05, 0) is 31.6 Å². The van der Waals surface area contributed by atoms with Gasteiger partial charge in [-0.15, -0.1) is 0 Å². The molecule has 0 aromatic carbocycles. The molecular weight excluding hydrogens is 1150 g/mol. The second kappa shape index (κ2) is 61.6. The third-order valence-electron chi connectivity index (χ3n) is 15.8. The largest absolute Gasteiger partial charge is 0.472 e. The van der Waals surface area contributed by atoms with Gasteiger partial charge < -0.3 is 33.8 Å². The average molecular weight is 1280 g/mol. The van der Waals surface area contributed by atoms with Crippen molar-refractivity contribution in [1.29, 1.82) is 0 Å². The van der Waals surface area contributed by atoms with Gasteiger partial charge >= 0.3 is 39.5 Å². The Morgan fingerprint density at radius 3 is 0.782 bits per heavy atom. The van der Waals surface area contributed by atoms with Crippen molar-refractivity contribution in [3.8, 4) is 0 Å². The first-order chi connectivity index (χ1) is 42.0. The molecule has 5 atom stereocenters. The average Bonchev–Trinajstić information content (AvgIpc) is 3.70. The normalized spacial score (nSPS) is 14.1. The number of esters is 4. The predicted molar refractivity (Wildman–Crippen MR) is 349 cm³/mol. The van der Waals surface area contributed by atoms with Crippen LogP contribution in [0.5, 0.6) is 0 Å². The Morgan fingerprint density at radius 1 is 0.310 bits per heavy atom. The van der Waals surface area contributed by atoms with Crippen molar-refractivity contribution in [1.82, 2.24) is 0 Å². The number of carbonyl (C=O) groups is 4. The molecule has 0 heterocycles. The molecular formula is C68H132O17P2. The lowest BCUT2D eigenvalue weighted by Crippen LogP contribution is -2.30. The molecule has 0 saturated heterocycles. The van der Waals surface area contributed by atoms with Crippen LogP contribution in [0.25, 0.3) is 0 Å². The maximum atomic E-state index is 13.0. The molecule has 0 aliphatic rings. The number of ether oxygens (including phenoxy) is 4. The summed E-state index contributed by atoms with van der Waals surface area (Å²) in [7, 11) is -9.88. The molecule has 0 amide bonds. The summed E-state index contributed by atoms with van der Waals surface area (Å²) in [5.74, 6) is -1.42. The second-order valence-corrected chi connectivity index (χ2v) is 27.9. The van der Waals surface area contributed by atoms with Crippen LogP contribution in [0.3, 0.4) is 0 Å². The van der Waals surface area contributed by atoms with E-state index in [-0.39, 0.29) is 25.7 Å². The highest BCUT2D eigenvalue weighted by molar-refractivity contribution is 7.47. The van der Waals surface area contributed by atoms with E-state index in [9.17, 15) is 43.2 Å². The number of rotatable bonds is 68. The van der Waals surface area contributed by atoms with E-state index in [4.69, 9.17) is 37.0 Å². The lowest BCUT2D eigenvalue weighted by molar-refractivity contribution is -0.161. The molecule has 0 bridgehead atoms. The monoisotopic (exact) mass is 1280 g/mol. The molecule has 0 rings (SSSR count). The Kier molecular flexibility index (Phi) is 60.2. The summed E-state index contributed by atoms with van der Waals surface area (Å²) < 4.78 is 68.0. The number of phosphoric acid groups is 2. The fourth-order valence-corrected chi connectivity index (χ4v) is 11.9. The number of phosphoric ester groups is 2. The molecule has 0 aliphatic carbocycles. The molecule has 0 radical (unpaired) electrons. The zero-order valence-corrected chi connectivity index (χ0v) is 57.9. The van der Waals surface area contributed by atoms with Crippen LogP contribution in [0.1, 0.15) is 349 Å². The zero-order chi connectivity index (χ0) is 64.2. The van der Waals surface area contributed by atoms with Gasteiger partial charge in [0.2, 0.25) is 0 Å². The highest BCUT2D eigenvalue weighted by Gasteiger charge is 2.30. The van der Waals surface area contributed by atoms with Crippen LogP contribution in [-0.4, -0.2) is 96.7 Å². The third-order valence-corrected chi connectivity index (χ3v) is 17.7. The van der Waals surface area contributed by atoms with Crippen molar-refractivity contribution in [3.63, 3.8) is 0 Å². The summed E-state index contributed by atoms with van der Waals surface area (Å²) in [4.78, 5) is 72.2. The van der Waals surface area contributed by atoms with Crippen LogP contribution >= 0.6 is 15.6 Å². The first-order valence-corrected chi connectivity index (χ1v) is 38.6. The van der Waals surface area contributed by atoms with E-state index in [1.54, 1.807) is 0 Å². The molecule has 3 N–H and O–H groups in total. The maximum Gasteiger partial charge on any atom is 0.472 e. The molecule has 0 aliphatic heterocycles. The van der Waals surface area contributed by atoms with E-state index in [0.29, 0.717) is 25.7 Å². The summed E-state index contributed by atoms with van der Waals surface area (Å²) in [5.41, 5.74) is 0. The van der Waals surface area contributed by atoms with Crippen LogP contribution in [0.4, 0.5) is 0 Å². The van der Waals surface area contributed by atoms with Gasteiger partial charge in [-0.2, -0.15) is 0 Å². The van der Waals surface area contributed by atoms with E-state index < -0.39 is 97.5 Å². The first-order valence-electron chi connectivity index (χ1n) is 35.6. The molecule has 19 heteroatoms. The molecule has 0 spiro atoms. The SMILES string of the molecule is CCCCCCCCCCCCCCCCCCCCC(=O)O[C@H](COC(=O)CCCCCCCCCCCCCCC)COP(=O)(O)OC[C@@H](O)COP(=O)(O)OC[C@@H](COC(=O)CCCCCCC)OC(=O)CCCCCCCCCCC(C)C. The lowest BCUT2D eigenvalue weighted by Gasteiger charge is -2.21. The van der Waals surface area contributed by atoms with E-state index >= 15 is 0 Å². The van der Waals surface area contributed by atoms with Crippen molar-refractivity contribution >= 4 is 39.5 Å². The third kappa shape index (κ3) is 62.6. The van der Waals surface area contributed by atoms with E-state index in [2.05, 4.69) is 34.6 Å². The summed E-state index contributed by atoms with van der Waals surface area (Å²) in [6, 6.07) is 0. The van der Waals surface area contributed by atoms with Crippen LogP contribution < -0.4 is 0 Å². The van der Waals surface area contributed by atoms with Gasteiger partial charge in [0.25, 0.3) is 0 Å². The minimum atomic E-state index is -4.95. The first kappa shape index (κ1) is 85.1. The molecule has 87 heavy (non-hydrogen) atoms. The maximum absolute atomic E-state index is 13.0. The van der Waals surface area contributed by atoms with Crippen LogP contribution in [0.2, 0.25) is 0 Å². The number of hydrogen-bond donors (Lipinski definition) is 3. The second-order valence-electron chi connectivity index (χ2n) is 25.0. The number of aliphatic hydroxyl groups excluding tert-OH is 1. The van der Waals surface area contributed by atoms with Crippen molar-refractivity contribution in [2.45, 2.75) is 368 Å². The molecule has 0 fully saturated rings. The number of aliphatic hydroxyl groups is 1. The number of hydrogen-bond acceptors (Lipinski definition) is 15. The van der Waals surface area contributed by atoms with Crippen molar-refractivity contribution in [2.75, 3.05) is 39.6 Å². The van der Waals surface area contributed by atoms with Crippen LogP contribution in [0, 0.1) is 5.92 Å². The number of unbranched alkanes of at least 4 members (excludes halogenated alkanes) is 40. The molecule has 0 aromatic heterocycles. The Balaban J connectivity index is 5.15. The smallest absolute Gasteiger partial charge is 0.462 e. The molecule has 0 saturated carbocycles. The molecule has 0 aromatic rings. The lowest BCUT2D eigenvalue weighted by atomic mass is 10.0. The Labute approximate surface area is 530 Å². The Hall–Kier alpha value is -1.94. The summed E-state index contributed by atoms with van der Waals surface area (Å²) in [5, 5.41) is 10.5. The summed E-state index contributed by atoms with van der Waals surface area (Å²) in [6.07, 6.45) is 47.6. The quantitative estimate of drug-likeness (QED) is 0.0222. The van der Waals surface area contributed by atoms with Crippen molar-refractivity contribution in [2.24, 2.45) is 5.92 Å². The van der Waals surface area contributed by atoms with Crippen molar-refractivity contribution in [3.05, 3.63) is 0 Å². The fourth-order valence-electron chi connectivity index (χ4n) is 10.3. The van der Waals surface area contributed by atoms with Gasteiger partial charge in [-0.3, -0.25) is 37.3 Å². The standard InChI is InChI=1S/C68H132O17P2/c1-6-9-12-15-17-19-21-23-24-25-26-27-29-31-33-38-43-48-53-67(72)85-64(58-79-66(71)52-47-42-37-32-30-28-22-20-18-16-13-10-7-2)60-83-87(76,77)81-56-62(69)55-80-86(74,75)82-59-63(57-78-65(70)51-46-40-14-11-8-3)84-68(73)54-49-44-39-35-34-36-41-45-50-61(4)5/h61-64,69H,6-60H2,1-5H3,(H,74,75)(H,76,77)/t62-,63+,64+/m0/s1. The van der Waals surface area contributed by atoms with Crippen LogP contribution in [-0.2, 0) is 65.4 Å². The molecule has 2 unspecified atom stereocenters. The van der Waals surface area contributed by atoms with Gasteiger partial charge in [0, 0.05) is 25.7 Å². The van der Waals surface area contributed by atoms with Gasteiger partial charge in [-0.1, -0.05) is 298 Å². The summed E-state index contributed by atoms with van der Waals surface area (Å²) >= 11 is 0. The molecule has 17 nitrogen and oxygen atoms in total. The minimum Gasteiger partial charge on any atom is -0.462 e. The Bertz CT molecular complexity index is 1690. The highest BCUT2D eigenvalue weighted by atomic mass is 31.2. The van der Waals surface area contributed by atoms with E-state index in [1.165, 1.54) is 167 Å². The van der Waals surface area contributed by atoms with Gasteiger partial charge in [0.05, 0.1) is 26.4 Å². The van der Waals surface area contributed by atoms with Gasteiger partial charge in [0.1, 0.15) is 19.3 Å². The zero-order valence-electron chi connectivity index (χ0n) is 56.2. The topological polar surface area (TPSA) is 237 Å². The van der Waals surface area contributed by atoms with E-state index in [0.717, 1.165) is 102 Å². The Morgan fingerprint density at radius 2 is 0.529 bits per heavy atom. The highest BCUT2D eigenvalue weighted by Crippen LogP contribution is 2.45. The fraction of sp³-hybridized carbons (Fsp3) is 0.941. The van der Waals surface area contributed by atoms with Crippen LogP contribution in [0.15, 0.2) is 0 Å². The van der Waals surface area contributed by atoms with Crippen molar-refractivity contribution < 1.29 is 80.2 Å². The minimum absolute atomic E-state index is 0.104. The van der Waals surface area contributed by atoms with Gasteiger partial charge in [0.15, 0.2) is 12.2 Å².